The Morgan fingerprint density at radius 2 is 2.00 bits per heavy atom. The van der Waals surface area contributed by atoms with Gasteiger partial charge in [0.2, 0.25) is 5.91 Å². The lowest BCUT2D eigenvalue weighted by Crippen LogP contribution is -2.44. The number of hydrogen-bond acceptors (Lipinski definition) is 3. The van der Waals surface area contributed by atoms with Gasteiger partial charge in [0.25, 0.3) is 0 Å². The van der Waals surface area contributed by atoms with Crippen LogP contribution in [-0.4, -0.2) is 37.7 Å². The van der Waals surface area contributed by atoms with Gasteiger partial charge in [-0.3, -0.25) is 4.79 Å². The van der Waals surface area contributed by atoms with E-state index in [-0.39, 0.29) is 18.0 Å². The summed E-state index contributed by atoms with van der Waals surface area (Å²) in [4.78, 5) is 11.9. The van der Waals surface area contributed by atoms with E-state index in [1.54, 1.807) is 0 Å². The lowest BCUT2D eigenvalue weighted by molar-refractivity contribution is -0.121. The van der Waals surface area contributed by atoms with Gasteiger partial charge in [-0.15, -0.1) is 0 Å². The van der Waals surface area contributed by atoms with E-state index in [0.717, 1.165) is 32.5 Å². The first-order valence-corrected chi connectivity index (χ1v) is 7.38. The molecule has 4 nitrogen and oxygen atoms in total. The molecule has 0 aromatic heterocycles. The van der Waals surface area contributed by atoms with E-state index in [4.69, 9.17) is 4.74 Å². The van der Waals surface area contributed by atoms with E-state index < -0.39 is 0 Å². The number of carbonyl (C=O) groups excluding carboxylic acids is 1. The van der Waals surface area contributed by atoms with Crippen molar-refractivity contribution in [2.24, 2.45) is 0 Å². The first-order chi connectivity index (χ1) is 9.74. The number of rotatable bonds is 6. The molecule has 1 fully saturated rings. The Kier molecular flexibility index (Phi) is 6.02. The summed E-state index contributed by atoms with van der Waals surface area (Å²) in [6, 6.07) is 10.9. The fourth-order valence-electron chi connectivity index (χ4n) is 2.43. The van der Waals surface area contributed by atoms with Crippen LogP contribution >= 0.6 is 0 Å². The fraction of sp³-hybridized carbons (Fsp3) is 0.562. The molecule has 0 spiro atoms. The van der Waals surface area contributed by atoms with E-state index in [1.165, 1.54) is 5.56 Å². The normalized spacial score (nSPS) is 17.6. The Bertz CT molecular complexity index is 402. The standard InChI is InChI=1S/C16H24N2O2/c1-13(11-14-5-3-2-4-6-14)17-12-16(19)18-15-7-9-20-10-8-15/h2-6,13,15,17H,7-12H2,1H3,(H,18,19). The molecule has 1 amide bonds. The van der Waals surface area contributed by atoms with Crippen molar-refractivity contribution >= 4 is 5.91 Å². The van der Waals surface area contributed by atoms with Crippen molar-refractivity contribution in [3.63, 3.8) is 0 Å². The smallest absolute Gasteiger partial charge is 0.234 e. The molecule has 1 atom stereocenters. The summed E-state index contributed by atoms with van der Waals surface area (Å²) in [6.07, 6.45) is 2.78. The number of nitrogens with one attached hydrogen (secondary N) is 2. The zero-order chi connectivity index (χ0) is 14.2. The van der Waals surface area contributed by atoms with Gasteiger partial charge in [-0.25, -0.2) is 0 Å². The molecule has 4 heteroatoms. The van der Waals surface area contributed by atoms with Crippen LogP contribution in [0.3, 0.4) is 0 Å². The predicted molar refractivity (Wildman–Crippen MR) is 79.6 cm³/mol. The zero-order valence-corrected chi connectivity index (χ0v) is 12.1. The Morgan fingerprint density at radius 3 is 2.70 bits per heavy atom. The fourth-order valence-corrected chi connectivity index (χ4v) is 2.43. The predicted octanol–water partition coefficient (Wildman–Crippen LogP) is 1.50. The lowest BCUT2D eigenvalue weighted by atomic mass is 10.1. The van der Waals surface area contributed by atoms with Crippen molar-refractivity contribution < 1.29 is 9.53 Å². The maximum absolute atomic E-state index is 11.9. The third-order valence-corrected chi connectivity index (χ3v) is 3.58. The van der Waals surface area contributed by atoms with Crippen molar-refractivity contribution in [1.29, 1.82) is 0 Å². The highest BCUT2D eigenvalue weighted by molar-refractivity contribution is 5.78. The van der Waals surface area contributed by atoms with Crippen molar-refractivity contribution in [1.82, 2.24) is 10.6 Å². The van der Waals surface area contributed by atoms with Gasteiger partial charge in [0.05, 0.1) is 6.54 Å². The average molecular weight is 276 g/mol. The first kappa shape index (κ1) is 15.0. The van der Waals surface area contributed by atoms with Crippen LogP contribution in [0.2, 0.25) is 0 Å². The Balaban J connectivity index is 1.64. The first-order valence-electron chi connectivity index (χ1n) is 7.38. The minimum absolute atomic E-state index is 0.0804. The number of carbonyl (C=O) groups is 1. The largest absolute Gasteiger partial charge is 0.381 e. The van der Waals surface area contributed by atoms with Crippen LogP contribution < -0.4 is 10.6 Å². The second-order valence-electron chi connectivity index (χ2n) is 5.43. The zero-order valence-electron chi connectivity index (χ0n) is 12.1. The van der Waals surface area contributed by atoms with Crippen LogP contribution in [0.15, 0.2) is 30.3 Å². The molecule has 0 radical (unpaired) electrons. The van der Waals surface area contributed by atoms with E-state index in [2.05, 4.69) is 29.7 Å². The van der Waals surface area contributed by atoms with Crippen LogP contribution in [-0.2, 0) is 16.0 Å². The molecule has 2 rings (SSSR count). The van der Waals surface area contributed by atoms with Gasteiger partial charge in [-0.05, 0) is 31.7 Å². The molecule has 1 unspecified atom stereocenters. The number of benzene rings is 1. The molecule has 1 aliphatic rings. The monoisotopic (exact) mass is 276 g/mol. The van der Waals surface area contributed by atoms with E-state index in [0.29, 0.717) is 6.54 Å². The van der Waals surface area contributed by atoms with Crippen molar-refractivity contribution in [2.45, 2.75) is 38.3 Å². The average Bonchev–Trinajstić information content (AvgIpc) is 2.47. The minimum Gasteiger partial charge on any atom is -0.381 e. The third-order valence-electron chi connectivity index (χ3n) is 3.58. The summed E-state index contributed by atoms with van der Waals surface area (Å²) in [5, 5.41) is 6.33. The second kappa shape index (κ2) is 8.02. The van der Waals surface area contributed by atoms with Crippen LogP contribution in [0.1, 0.15) is 25.3 Å². The summed E-state index contributed by atoms with van der Waals surface area (Å²) in [7, 11) is 0. The van der Waals surface area contributed by atoms with Gasteiger partial charge in [0.1, 0.15) is 0 Å². The van der Waals surface area contributed by atoms with Gasteiger partial charge < -0.3 is 15.4 Å². The lowest BCUT2D eigenvalue weighted by Gasteiger charge is -2.23. The van der Waals surface area contributed by atoms with E-state index in [9.17, 15) is 4.79 Å². The molecular weight excluding hydrogens is 252 g/mol. The molecule has 1 aromatic carbocycles. The van der Waals surface area contributed by atoms with Gasteiger partial charge >= 0.3 is 0 Å². The number of amides is 1. The molecule has 1 aromatic rings. The highest BCUT2D eigenvalue weighted by Crippen LogP contribution is 2.06. The Hall–Kier alpha value is -1.39. The summed E-state index contributed by atoms with van der Waals surface area (Å²) in [5.41, 5.74) is 1.29. The highest BCUT2D eigenvalue weighted by atomic mass is 16.5. The molecule has 1 heterocycles. The van der Waals surface area contributed by atoms with Gasteiger partial charge in [0.15, 0.2) is 0 Å². The Morgan fingerprint density at radius 1 is 1.30 bits per heavy atom. The molecule has 1 aliphatic heterocycles. The topological polar surface area (TPSA) is 50.4 Å². The molecule has 1 saturated heterocycles. The van der Waals surface area contributed by atoms with Crippen molar-refractivity contribution in [3.8, 4) is 0 Å². The Labute approximate surface area is 120 Å². The van der Waals surface area contributed by atoms with Crippen molar-refractivity contribution in [3.05, 3.63) is 35.9 Å². The molecule has 0 saturated carbocycles. The molecule has 110 valence electrons. The summed E-state index contributed by atoms with van der Waals surface area (Å²) in [6.45, 7) is 3.99. The van der Waals surface area contributed by atoms with Crippen LogP contribution in [0, 0.1) is 0 Å². The number of ether oxygens (including phenoxy) is 1. The maximum Gasteiger partial charge on any atom is 0.234 e. The van der Waals surface area contributed by atoms with E-state index >= 15 is 0 Å². The van der Waals surface area contributed by atoms with Crippen LogP contribution in [0.25, 0.3) is 0 Å². The van der Waals surface area contributed by atoms with Gasteiger partial charge in [-0.1, -0.05) is 30.3 Å². The highest BCUT2D eigenvalue weighted by Gasteiger charge is 2.16. The van der Waals surface area contributed by atoms with Gasteiger partial charge in [0, 0.05) is 25.3 Å². The van der Waals surface area contributed by atoms with E-state index in [1.807, 2.05) is 18.2 Å². The summed E-state index contributed by atoms with van der Waals surface area (Å²) >= 11 is 0. The van der Waals surface area contributed by atoms with Gasteiger partial charge in [-0.2, -0.15) is 0 Å². The third kappa shape index (κ3) is 5.31. The molecular formula is C16H24N2O2. The maximum atomic E-state index is 11.9. The number of hydrogen-bond donors (Lipinski definition) is 2. The van der Waals surface area contributed by atoms with Crippen LogP contribution in [0.5, 0.6) is 0 Å². The van der Waals surface area contributed by atoms with Crippen molar-refractivity contribution in [2.75, 3.05) is 19.8 Å². The molecule has 2 N–H and O–H groups in total. The molecule has 0 aliphatic carbocycles. The minimum atomic E-state index is 0.0804. The molecule has 0 bridgehead atoms. The SMILES string of the molecule is CC(Cc1ccccc1)NCC(=O)NC1CCOCC1. The quantitative estimate of drug-likeness (QED) is 0.828. The summed E-state index contributed by atoms with van der Waals surface area (Å²) in [5.74, 6) is 0.0804. The summed E-state index contributed by atoms with van der Waals surface area (Å²) < 4.78 is 5.28. The second-order valence-corrected chi connectivity index (χ2v) is 5.43. The van der Waals surface area contributed by atoms with Crippen LogP contribution in [0.4, 0.5) is 0 Å². The molecule has 20 heavy (non-hydrogen) atoms.